The summed E-state index contributed by atoms with van der Waals surface area (Å²) in [6.07, 6.45) is -0.0531. The summed E-state index contributed by atoms with van der Waals surface area (Å²) in [5.41, 5.74) is 1.43. The zero-order chi connectivity index (χ0) is 15.3. The molecule has 0 saturated heterocycles. The zero-order valence-corrected chi connectivity index (χ0v) is 11.6. The van der Waals surface area contributed by atoms with Crippen molar-refractivity contribution in [2.24, 2.45) is 0 Å². The van der Waals surface area contributed by atoms with Gasteiger partial charge in [-0.15, -0.1) is 0 Å². The standard InChI is InChI=1S/C12H19N3O5/c1-6(10-7(2)15-20-8(10)3)13-12(19)14-9(4-5-16)11(17)18/h6,9,16H,4-5H2,1-3H3,(H,17,18)(H2,13,14,19)/t6?,9-/m0/s1. The summed E-state index contributed by atoms with van der Waals surface area (Å²) in [6.45, 7) is 4.91. The lowest BCUT2D eigenvalue weighted by atomic mass is 10.1. The van der Waals surface area contributed by atoms with Gasteiger partial charge in [0.2, 0.25) is 0 Å². The minimum absolute atomic E-state index is 0.0531. The first-order chi connectivity index (χ1) is 9.36. The van der Waals surface area contributed by atoms with E-state index in [0.29, 0.717) is 11.5 Å². The number of aliphatic carboxylic acids is 1. The summed E-state index contributed by atoms with van der Waals surface area (Å²) >= 11 is 0. The van der Waals surface area contributed by atoms with Crippen LogP contribution in [-0.2, 0) is 4.79 Å². The Hall–Kier alpha value is -2.09. The van der Waals surface area contributed by atoms with E-state index in [1.807, 2.05) is 0 Å². The number of urea groups is 1. The molecule has 0 aliphatic rings. The van der Waals surface area contributed by atoms with Gasteiger partial charge >= 0.3 is 12.0 Å². The van der Waals surface area contributed by atoms with Gasteiger partial charge in [0.05, 0.1) is 11.7 Å². The number of carboxylic acid groups (broad SMARTS) is 1. The Kier molecular flexibility index (Phi) is 5.51. The van der Waals surface area contributed by atoms with Crippen molar-refractivity contribution < 1.29 is 24.3 Å². The van der Waals surface area contributed by atoms with Crippen molar-refractivity contribution in [1.82, 2.24) is 15.8 Å². The first-order valence-electron chi connectivity index (χ1n) is 6.20. The normalized spacial score (nSPS) is 13.6. The molecule has 0 aromatic carbocycles. The molecule has 1 aromatic rings. The fourth-order valence-electron chi connectivity index (χ4n) is 1.96. The van der Waals surface area contributed by atoms with Gasteiger partial charge in [-0.05, 0) is 20.8 Å². The summed E-state index contributed by atoms with van der Waals surface area (Å²) < 4.78 is 5.01. The number of amides is 2. The highest BCUT2D eigenvalue weighted by atomic mass is 16.5. The van der Waals surface area contributed by atoms with Crippen molar-refractivity contribution in [3.8, 4) is 0 Å². The summed E-state index contributed by atoms with van der Waals surface area (Å²) in [5, 5.41) is 26.3. The second-order valence-corrected chi connectivity index (χ2v) is 4.48. The van der Waals surface area contributed by atoms with Crippen LogP contribution in [0.15, 0.2) is 4.52 Å². The molecule has 8 nitrogen and oxygen atoms in total. The van der Waals surface area contributed by atoms with Crippen LogP contribution in [0.4, 0.5) is 4.79 Å². The van der Waals surface area contributed by atoms with Crippen molar-refractivity contribution in [3.63, 3.8) is 0 Å². The molecule has 1 rings (SSSR count). The molecule has 2 atom stereocenters. The Labute approximate surface area is 116 Å². The molecular formula is C12H19N3O5. The van der Waals surface area contributed by atoms with E-state index in [0.717, 1.165) is 5.56 Å². The van der Waals surface area contributed by atoms with Gasteiger partial charge in [0.1, 0.15) is 11.8 Å². The molecule has 0 radical (unpaired) electrons. The predicted molar refractivity (Wildman–Crippen MR) is 69.2 cm³/mol. The van der Waals surface area contributed by atoms with Gasteiger partial charge in [-0.25, -0.2) is 9.59 Å². The average Bonchev–Trinajstić information content (AvgIpc) is 2.68. The van der Waals surface area contributed by atoms with Crippen molar-refractivity contribution in [3.05, 3.63) is 17.0 Å². The van der Waals surface area contributed by atoms with Crippen LogP contribution in [0.1, 0.15) is 36.4 Å². The molecule has 20 heavy (non-hydrogen) atoms. The average molecular weight is 285 g/mol. The molecule has 2 amide bonds. The first kappa shape index (κ1) is 16.0. The Morgan fingerprint density at radius 3 is 2.45 bits per heavy atom. The second-order valence-electron chi connectivity index (χ2n) is 4.48. The fraction of sp³-hybridized carbons (Fsp3) is 0.583. The minimum atomic E-state index is -1.20. The number of rotatable bonds is 6. The molecule has 0 aliphatic heterocycles. The minimum Gasteiger partial charge on any atom is -0.480 e. The zero-order valence-electron chi connectivity index (χ0n) is 11.6. The highest BCUT2D eigenvalue weighted by Gasteiger charge is 2.22. The largest absolute Gasteiger partial charge is 0.480 e. The van der Waals surface area contributed by atoms with Crippen LogP contribution < -0.4 is 10.6 Å². The summed E-state index contributed by atoms with van der Waals surface area (Å²) in [6, 6.07) is -2.12. The maximum atomic E-state index is 11.7. The number of aliphatic hydroxyl groups excluding tert-OH is 1. The maximum Gasteiger partial charge on any atom is 0.326 e. The molecule has 8 heteroatoms. The van der Waals surface area contributed by atoms with Crippen LogP contribution in [0.3, 0.4) is 0 Å². The van der Waals surface area contributed by atoms with Gasteiger partial charge in [-0.2, -0.15) is 0 Å². The highest BCUT2D eigenvalue weighted by Crippen LogP contribution is 2.20. The lowest BCUT2D eigenvalue weighted by Crippen LogP contribution is -2.47. The number of nitrogens with zero attached hydrogens (tertiary/aromatic N) is 1. The number of carboxylic acids is 1. The van der Waals surface area contributed by atoms with E-state index in [2.05, 4.69) is 15.8 Å². The number of aryl methyl sites for hydroxylation is 2. The van der Waals surface area contributed by atoms with Gasteiger partial charge in [-0.1, -0.05) is 5.16 Å². The number of carbonyl (C=O) groups is 2. The molecule has 1 heterocycles. The van der Waals surface area contributed by atoms with Crippen LogP contribution in [-0.4, -0.2) is 40.0 Å². The van der Waals surface area contributed by atoms with E-state index in [9.17, 15) is 9.59 Å². The van der Waals surface area contributed by atoms with E-state index < -0.39 is 18.0 Å². The van der Waals surface area contributed by atoms with E-state index in [1.54, 1.807) is 20.8 Å². The topological polar surface area (TPSA) is 125 Å². The Morgan fingerprint density at radius 2 is 2.00 bits per heavy atom. The van der Waals surface area contributed by atoms with Crippen LogP contribution in [0.25, 0.3) is 0 Å². The van der Waals surface area contributed by atoms with E-state index in [4.69, 9.17) is 14.7 Å². The molecule has 1 aromatic heterocycles. The fourth-order valence-corrected chi connectivity index (χ4v) is 1.96. The Bertz CT molecular complexity index is 466. The Balaban J connectivity index is 2.64. The SMILES string of the molecule is Cc1noc(C)c1C(C)NC(=O)N[C@@H](CCO)C(=O)O. The van der Waals surface area contributed by atoms with Gasteiger partial charge in [-0.3, -0.25) is 0 Å². The number of hydrogen-bond acceptors (Lipinski definition) is 5. The molecule has 4 N–H and O–H groups in total. The number of aliphatic hydroxyl groups is 1. The Morgan fingerprint density at radius 1 is 1.35 bits per heavy atom. The smallest absolute Gasteiger partial charge is 0.326 e. The van der Waals surface area contributed by atoms with E-state index >= 15 is 0 Å². The van der Waals surface area contributed by atoms with Crippen LogP contribution in [0, 0.1) is 13.8 Å². The summed E-state index contributed by atoms with van der Waals surface area (Å²) in [4.78, 5) is 22.6. The predicted octanol–water partition coefficient (Wildman–Crippen LogP) is 0.487. The molecule has 0 bridgehead atoms. The third-order valence-electron chi connectivity index (χ3n) is 2.89. The van der Waals surface area contributed by atoms with Crippen LogP contribution >= 0.6 is 0 Å². The number of nitrogens with one attached hydrogen (secondary N) is 2. The number of hydrogen-bond donors (Lipinski definition) is 4. The summed E-state index contributed by atoms with van der Waals surface area (Å²) in [7, 11) is 0. The van der Waals surface area contributed by atoms with Crippen LogP contribution in [0.5, 0.6) is 0 Å². The van der Waals surface area contributed by atoms with Crippen molar-refractivity contribution in [1.29, 1.82) is 0 Å². The molecular weight excluding hydrogens is 266 g/mol. The van der Waals surface area contributed by atoms with Crippen molar-refractivity contribution >= 4 is 12.0 Å². The second kappa shape index (κ2) is 6.90. The van der Waals surface area contributed by atoms with Gasteiger partial charge in [0.15, 0.2) is 0 Å². The van der Waals surface area contributed by atoms with Gasteiger partial charge in [0, 0.05) is 18.6 Å². The van der Waals surface area contributed by atoms with Gasteiger partial charge < -0.3 is 25.4 Å². The van der Waals surface area contributed by atoms with Gasteiger partial charge in [0.25, 0.3) is 0 Å². The maximum absolute atomic E-state index is 11.7. The van der Waals surface area contributed by atoms with E-state index in [1.165, 1.54) is 0 Å². The molecule has 0 aliphatic carbocycles. The molecule has 1 unspecified atom stereocenters. The lowest BCUT2D eigenvalue weighted by Gasteiger charge is -2.17. The number of aromatic nitrogens is 1. The third kappa shape index (κ3) is 3.95. The number of carbonyl (C=O) groups excluding carboxylic acids is 1. The molecule has 0 spiro atoms. The lowest BCUT2D eigenvalue weighted by molar-refractivity contribution is -0.139. The summed E-state index contributed by atoms with van der Waals surface area (Å²) in [5.74, 6) is -0.598. The van der Waals surface area contributed by atoms with Crippen molar-refractivity contribution in [2.45, 2.75) is 39.3 Å². The quantitative estimate of drug-likeness (QED) is 0.602. The highest BCUT2D eigenvalue weighted by molar-refractivity contribution is 5.82. The third-order valence-corrected chi connectivity index (χ3v) is 2.89. The monoisotopic (exact) mass is 285 g/mol. The first-order valence-corrected chi connectivity index (χ1v) is 6.20. The molecule has 112 valence electrons. The molecule has 0 saturated carbocycles. The van der Waals surface area contributed by atoms with Crippen molar-refractivity contribution in [2.75, 3.05) is 6.61 Å². The van der Waals surface area contributed by atoms with Crippen LogP contribution in [0.2, 0.25) is 0 Å². The van der Waals surface area contributed by atoms with E-state index in [-0.39, 0.29) is 19.1 Å². The molecule has 0 fully saturated rings.